The first-order chi connectivity index (χ1) is 13.5. The van der Waals surface area contributed by atoms with Crippen LogP contribution in [-0.4, -0.2) is 61.8 Å². The van der Waals surface area contributed by atoms with Gasteiger partial charge in [0.05, 0.1) is 0 Å². The molecule has 4 rings (SSSR count). The Balaban J connectivity index is 1.36. The Bertz CT molecular complexity index is 827. The summed E-state index contributed by atoms with van der Waals surface area (Å²) in [5, 5.41) is 4.56. The SMILES string of the molecule is O=C(COC(=O)c1sccc1S(=O)(=O)N1CCSCC1)NC(C1CC1)C1CC1. The van der Waals surface area contributed by atoms with Crippen molar-refractivity contribution in [3.8, 4) is 0 Å². The Labute approximate surface area is 173 Å². The number of amides is 1. The molecule has 0 unspecified atom stereocenters. The summed E-state index contributed by atoms with van der Waals surface area (Å²) in [5.74, 6) is 1.53. The van der Waals surface area contributed by atoms with Crippen LogP contribution >= 0.6 is 23.1 Å². The lowest BCUT2D eigenvalue weighted by Crippen LogP contribution is -2.40. The van der Waals surface area contributed by atoms with E-state index in [1.54, 1.807) is 17.1 Å². The van der Waals surface area contributed by atoms with Crippen LogP contribution in [-0.2, 0) is 19.6 Å². The van der Waals surface area contributed by atoms with Gasteiger partial charge in [-0.2, -0.15) is 16.1 Å². The van der Waals surface area contributed by atoms with E-state index in [0.29, 0.717) is 24.9 Å². The minimum atomic E-state index is -3.73. The predicted molar refractivity (Wildman–Crippen MR) is 108 cm³/mol. The van der Waals surface area contributed by atoms with Gasteiger partial charge in [0, 0.05) is 30.6 Å². The lowest BCUT2D eigenvalue weighted by molar-refractivity contribution is -0.125. The Morgan fingerprint density at radius 1 is 1.18 bits per heavy atom. The van der Waals surface area contributed by atoms with Crippen LogP contribution in [0.2, 0.25) is 0 Å². The summed E-state index contributed by atoms with van der Waals surface area (Å²) in [6.07, 6.45) is 4.58. The molecule has 0 radical (unpaired) electrons. The van der Waals surface area contributed by atoms with Gasteiger partial charge in [0.2, 0.25) is 10.0 Å². The summed E-state index contributed by atoms with van der Waals surface area (Å²) in [5.41, 5.74) is 0. The van der Waals surface area contributed by atoms with E-state index in [2.05, 4.69) is 5.32 Å². The van der Waals surface area contributed by atoms with Crippen molar-refractivity contribution < 1.29 is 22.7 Å². The molecule has 1 N–H and O–H groups in total. The molecule has 0 spiro atoms. The Hall–Kier alpha value is -1.10. The molecule has 3 aliphatic rings. The average molecular weight is 445 g/mol. The van der Waals surface area contributed by atoms with Gasteiger partial charge in [-0.1, -0.05) is 0 Å². The third-order valence-electron chi connectivity index (χ3n) is 5.32. The normalized spacial score (nSPS) is 20.9. The predicted octanol–water partition coefficient (Wildman–Crippen LogP) is 1.95. The standard InChI is InChI=1S/C18H24N2O5S3/c21-15(19-16(12-1-2-12)13-3-4-13)11-25-18(22)17-14(5-8-27-17)28(23,24)20-6-9-26-10-7-20/h5,8,12-13,16H,1-4,6-7,9-11H2,(H,19,21). The van der Waals surface area contributed by atoms with Gasteiger partial charge < -0.3 is 10.1 Å². The fourth-order valence-electron chi connectivity index (χ4n) is 3.53. The van der Waals surface area contributed by atoms with E-state index in [0.717, 1.165) is 48.5 Å². The highest BCUT2D eigenvalue weighted by Gasteiger charge is 2.42. The van der Waals surface area contributed by atoms with E-state index in [4.69, 9.17) is 4.74 Å². The molecule has 0 bridgehead atoms. The molecule has 2 aliphatic carbocycles. The van der Waals surface area contributed by atoms with Crippen LogP contribution in [0.15, 0.2) is 16.3 Å². The number of thiophene rings is 1. The average Bonchev–Trinajstić information content (AvgIpc) is 3.63. The maximum atomic E-state index is 12.9. The first-order valence-corrected chi connectivity index (χ1v) is 13.1. The monoisotopic (exact) mass is 444 g/mol. The van der Waals surface area contributed by atoms with E-state index in [1.807, 2.05) is 0 Å². The van der Waals surface area contributed by atoms with Gasteiger partial charge in [0.15, 0.2) is 6.61 Å². The number of hydrogen-bond donors (Lipinski definition) is 1. The number of hydrogen-bond acceptors (Lipinski definition) is 7. The van der Waals surface area contributed by atoms with Crippen LogP contribution in [0.4, 0.5) is 0 Å². The molecule has 154 valence electrons. The van der Waals surface area contributed by atoms with Crippen molar-refractivity contribution in [3.05, 3.63) is 16.3 Å². The molecule has 2 heterocycles. The zero-order valence-electron chi connectivity index (χ0n) is 15.5. The quantitative estimate of drug-likeness (QED) is 0.616. The largest absolute Gasteiger partial charge is 0.451 e. The maximum Gasteiger partial charge on any atom is 0.350 e. The van der Waals surface area contributed by atoms with Gasteiger partial charge in [-0.3, -0.25) is 4.79 Å². The summed E-state index contributed by atoms with van der Waals surface area (Å²) in [6.45, 7) is 0.486. The second kappa shape index (κ2) is 8.33. The van der Waals surface area contributed by atoms with E-state index in [-0.39, 0.29) is 28.3 Å². The van der Waals surface area contributed by atoms with Gasteiger partial charge in [-0.05, 0) is 49.0 Å². The van der Waals surface area contributed by atoms with E-state index < -0.39 is 16.0 Å². The lowest BCUT2D eigenvalue weighted by Gasteiger charge is -2.25. The van der Waals surface area contributed by atoms with Crippen molar-refractivity contribution >= 4 is 45.0 Å². The van der Waals surface area contributed by atoms with Gasteiger partial charge in [0.25, 0.3) is 5.91 Å². The Morgan fingerprint density at radius 2 is 1.82 bits per heavy atom. The molecule has 3 fully saturated rings. The Morgan fingerprint density at radius 3 is 2.43 bits per heavy atom. The zero-order chi connectivity index (χ0) is 19.7. The van der Waals surface area contributed by atoms with Gasteiger partial charge in [-0.25, -0.2) is 13.2 Å². The van der Waals surface area contributed by atoms with Gasteiger partial charge in [0.1, 0.15) is 9.77 Å². The fourth-order valence-corrected chi connectivity index (χ4v) is 7.39. The zero-order valence-corrected chi connectivity index (χ0v) is 17.9. The van der Waals surface area contributed by atoms with Crippen molar-refractivity contribution in [2.24, 2.45) is 11.8 Å². The second-order valence-electron chi connectivity index (χ2n) is 7.47. The molecule has 0 aromatic carbocycles. The number of esters is 1. The first-order valence-electron chi connectivity index (χ1n) is 9.58. The third kappa shape index (κ3) is 4.55. The molecular formula is C18H24N2O5S3. The van der Waals surface area contributed by atoms with E-state index in [9.17, 15) is 18.0 Å². The summed E-state index contributed by atoms with van der Waals surface area (Å²) in [4.78, 5) is 24.7. The van der Waals surface area contributed by atoms with Crippen molar-refractivity contribution in [3.63, 3.8) is 0 Å². The highest BCUT2D eigenvalue weighted by atomic mass is 32.2. The number of carbonyl (C=O) groups is 2. The number of ether oxygens (including phenoxy) is 1. The van der Waals surface area contributed by atoms with Crippen molar-refractivity contribution in [1.29, 1.82) is 0 Å². The van der Waals surface area contributed by atoms with Crippen LogP contribution in [0.25, 0.3) is 0 Å². The molecule has 2 saturated carbocycles. The summed E-state index contributed by atoms with van der Waals surface area (Å²) < 4.78 is 32.3. The molecule has 1 amide bonds. The molecule has 0 atom stereocenters. The van der Waals surface area contributed by atoms with Crippen LogP contribution in [0.1, 0.15) is 35.4 Å². The second-order valence-corrected chi connectivity index (χ2v) is 11.5. The number of carbonyl (C=O) groups excluding carboxylic acids is 2. The third-order valence-corrected chi connectivity index (χ3v) is 9.23. The van der Waals surface area contributed by atoms with Gasteiger partial charge in [-0.15, -0.1) is 11.3 Å². The number of nitrogens with zero attached hydrogens (tertiary/aromatic N) is 1. The molecule has 1 aromatic rings. The molecule has 7 nitrogen and oxygen atoms in total. The van der Waals surface area contributed by atoms with Crippen LogP contribution in [0.3, 0.4) is 0 Å². The fraction of sp³-hybridized carbons (Fsp3) is 0.667. The van der Waals surface area contributed by atoms with Crippen LogP contribution < -0.4 is 5.32 Å². The van der Waals surface area contributed by atoms with Crippen molar-refractivity contribution in [2.75, 3.05) is 31.2 Å². The van der Waals surface area contributed by atoms with Crippen molar-refractivity contribution in [2.45, 2.75) is 36.6 Å². The summed E-state index contributed by atoms with van der Waals surface area (Å²) >= 11 is 2.74. The number of thioether (sulfide) groups is 1. The minimum absolute atomic E-state index is 0.0244. The molecule has 10 heteroatoms. The maximum absolute atomic E-state index is 12.9. The molecule has 1 aliphatic heterocycles. The number of sulfonamides is 1. The minimum Gasteiger partial charge on any atom is -0.451 e. The smallest absolute Gasteiger partial charge is 0.350 e. The topological polar surface area (TPSA) is 92.8 Å². The highest BCUT2D eigenvalue weighted by molar-refractivity contribution is 7.99. The summed E-state index contributed by atoms with van der Waals surface area (Å²) in [7, 11) is -3.73. The van der Waals surface area contributed by atoms with Crippen molar-refractivity contribution in [1.82, 2.24) is 9.62 Å². The number of rotatable bonds is 8. The molecule has 1 saturated heterocycles. The molecule has 1 aromatic heterocycles. The van der Waals surface area contributed by atoms with Gasteiger partial charge >= 0.3 is 5.97 Å². The molecule has 28 heavy (non-hydrogen) atoms. The summed E-state index contributed by atoms with van der Waals surface area (Å²) in [6, 6.07) is 1.63. The Kier molecular flexibility index (Phi) is 6.01. The van der Waals surface area contributed by atoms with Crippen LogP contribution in [0, 0.1) is 11.8 Å². The lowest BCUT2D eigenvalue weighted by atomic mass is 10.1. The van der Waals surface area contributed by atoms with E-state index >= 15 is 0 Å². The molecular weight excluding hydrogens is 420 g/mol. The first kappa shape index (κ1) is 20.2. The highest BCUT2D eigenvalue weighted by Crippen LogP contribution is 2.44. The number of nitrogens with one attached hydrogen (secondary N) is 1. The van der Waals surface area contributed by atoms with E-state index in [1.165, 1.54) is 10.4 Å². The van der Waals surface area contributed by atoms with Crippen LogP contribution in [0.5, 0.6) is 0 Å².